The first-order valence-corrected chi connectivity index (χ1v) is 7.71. The minimum absolute atomic E-state index is 0.299. The maximum Gasteiger partial charge on any atom is 0.0824 e. The summed E-state index contributed by atoms with van der Waals surface area (Å²) in [5.74, 6) is 0. The highest BCUT2D eigenvalue weighted by Gasteiger charge is 2.12. The van der Waals surface area contributed by atoms with E-state index in [1.54, 1.807) is 0 Å². The van der Waals surface area contributed by atoms with E-state index >= 15 is 0 Å². The molecule has 0 aliphatic carbocycles. The van der Waals surface area contributed by atoms with E-state index in [0.29, 0.717) is 0 Å². The SMILES string of the molecule is NC(NC(N)c1cccc(-c2ccccc2)c1)c1ccccc1. The van der Waals surface area contributed by atoms with Crippen LogP contribution in [0.4, 0.5) is 0 Å². The molecule has 3 aromatic carbocycles. The third-order valence-electron chi connectivity index (χ3n) is 3.87. The van der Waals surface area contributed by atoms with Gasteiger partial charge in [-0.1, -0.05) is 78.9 Å². The van der Waals surface area contributed by atoms with Gasteiger partial charge in [0.25, 0.3) is 0 Å². The third-order valence-corrected chi connectivity index (χ3v) is 3.87. The van der Waals surface area contributed by atoms with Crippen LogP contribution in [0.25, 0.3) is 11.1 Å². The average molecular weight is 303 g/mol. The summed E-state index contributed by atoms with van der Waals surface area (Å²) in [6, 6.07) is 28.4. The van der Waals surface area contributed by atoms with Crippen LogP contribution in [0, 0.1) is 0 Å². The second kappa shape index (κ2) is 7.20. The highest BCUT2D eigenvalue weighted by Crippen LogP contribution is 2.22. The molecular formula is C20H21N3. The van der Waals surface area contributed by atoms with Crippen LogP contribution < -0.4 is 16.8 Å². The van der Waals surface area contributed by atoms with Crippen LogP contribution in [0.1, 0.15) is 23.5 Å². The van der Waals surface area contributed by atoms with Crippen molar-refractivity contribution in [3.63, 3.8) is 0 Å². The van der Waals surface area contributed by atoms with Crippen molar-refractivity contribution in [3.8, 4) is 11.1 Å². The van der Waals surface area contributed by atoms with Gasteiger partial charge in [0.15, 0.2) is 0 Å². The highest BCUT2D eigenvalue weighted by atomic mass is 15.1. The summed E-state index contributed by atoms with van der Waals surface area (Å²) in [7, 11) is 0. The number of hydrogen-bond acceptors (Lipinski definition) is 3. The molecule has 116 valence electrons. The Kier molecular flexibility index (Phi) is 4.83. The normalized spacial score (nSPS) is 13.5. The minimum Gasteiger partial charge on any atom is -0.312 e. The lowest BCUT2D eigenvalue weighted by atomic mass is 10.0. The molecule has 0 amide bonds. The van der Waals surface area contributed by atoms with E-state index in [9.17, 15) is 0 Å². The van der Waals surface area contributed by atoms with Gasteiger partial charge < -0.3 is 11.5 Å². The predicted octanol–water partition coefficient (Wildman–Crippen LogP) is 3.56. The van der Waals surface area contributed by atoms with E-state index in [0.717, 1.165) is 16.7 Å². The van der Waals surface area contributed by atoms with Gasteiger partial charge in [-0.25, -0.2) is 0 Å². The van der Waals surface area contributed by atoms with E-state index in [-0.39, 0.29) is 12.3 Å². The zero-order valence-corrected chi connectivity index (χ0v) is 12.9. The maximum absolute atomic E-state index is 6.29. The van der Waals surface area contributed by atoms with Crippen LogP contribution in [0.2, 0.25) is 0 Å². The van der Waals surface area contributed by atoms with Crippen molar-refractivity contribution in [3.05, 3.63) is 96.1 Å². The predicted molar refractivity (Wildman–Crippen MR) is 95.3 cm³/mol. The maximum atomic E-state index is 6.29. The lowest BCUT2D eigenvalue weighted by Crippen LogP contribution is -2.36. The molecule has 3 aromatic rings. The van der Waals surface area contributed by atoms with Gasteiger partial charge in [0.1, 0.15) is 0 Å². The summed E-state index contributed by atoms with van der Waals surface area (Å²) in [6.07, 6.45) is -0.625. The van der Waals surface area contributed by atoms with Crippen molar-refractivity contribution < 1.29 is 0 Å². The second-order valence-corrected chi connectivity index (χ2v) is 5.52. The summed E-state index contributed by atoms with van der Waals surface area (Å²) >= 11 is 0. The highest BCUT2D eigenvalue weighted by molar-refractivity contribution is 5.64. The molecule has 3 rings (SSSR count). The molecule has 0 aromatic heterocycles. The van der Waals surface area contributed by atoms with Gasteiger partial charge in [-0.3, -0.25) is 5.32 Å². The Morgan fingerprint density at radius 2 is 1.09 bits per heavy atom. The molecule has 0 fully saturated rings. The largest absolute Gasteiger partial charge is 0.312 e. The fourth-order valence-corrected chi connectivity index (χ4v) is 2.59. The zero-order chi connectivity index (χ0) is 16.1. The molecule has 0 aliphatic heterocycles. The van der Waals surface area contributed by atoms with E-state index in [1.807, 2.05) is 60.7 Å². The van der Waals surface area contributed by atoms with Gasteiger partial charge >= 0.3 is 0 Å². The van der Waals surface area contributed by atoms with Crippen molar-refractivity contribution in [1.82, 2.24) is 5.32 Å². The van der Waals surface area contributed by atoms with E-state index in [1.165, 1.54) is 5.56 Å². The van der Waals surface area contributed by atoms with Crippen molar-refractivity contribution in [2.45, 2.75) is 12.3 Å². The fraction of sp³-hybridized carbons (Fsp3) is 0.100. The Labute approximate surface area is 137 Å². The summed E-state index contributed by atoms with van der Waals surface area (Å²) in [5.41, 5.74) is 16.8. The van der Waals surface area contributed by atoms with Crippen molar-refractivity contribution in [1.29, 1.82) is 0 Å². The smallest absolute Gasteiger partial charge is 0.0824 e. The molecule has 2 unspecified atom stereocenters. The standard InChI is InChI=1S/C20H21N3/c21-19(16-10-5-2-6-11-16)23-20(22)18-13-7-12-17(14-18)15-8-3-1-4-9-15/h1-14,19-20,23H,21-22H2. The van der Waals surface area contributed by atoms with Gasteiger partial charge in [-0.2, -0.15) is 0 Å². The van der Waals surface area contributed by atoms with Crippen molar-refractivity contribution >= 4 is 0 Å². The van der Waals surface area contributed by atoms with Crippen LogP contribution in [-0.2, 0) is 0 Å². The molecular weight excluding hydrogens is 282 g/mol. The Balaban J connectivity index is 1.76. The Bertz CT molecular complexity index is 741. The topological polar surface area (TPSA) is 64.1 Å². The quantitative estimate of drug-likeness (QED) is 0.631. The fourth-order valence-electron chi connectivity index (χ4n) is 2.59. The Hall–Kier alpha value is -2.46. The minimum atomic E-state index is -0.325. The molecule has 0 saturated carbocycles. The third kappa shape index (κ3) is 3.85. The first-order valence-electron chi connectivity index (χ1n) is 7.71. The Morgan fingerprint density at radius 3 is 1.78 bits per heavy atom. The molecule has 0 aliphatic rings. The monoisotopic (exact) mass is 303 g/mol. The van der Waals surface area contributed by atoms with Gasteiger partial charge in [-0.15, -0.1) is 0 Å². The van der Waals surface area contributed by atoms with Gasteiger partial charge in [-0.05, 0) is 28.3 Å². The number of benzene rings is 3. The molecule has 3 heteroatoms. The van der Waals surface area contributed by atoms with Crippen LogP contribution >= 0.6 is 0 Å². The molecule has 3 nitrogen and oxygen atoms in total. The lowest BCUT2D eigenvalue weighted by molar-refractivity contribution is 0.464. The first-order chi connectivity index (χ1) is 11.2. The Morgan fingerprint density at radius 1 is 0.565 bits per heavy atom. The molecule has 0 heterocycles. The summed E-state index contributed by atoms with van der Waals surface area (Å²) in [4.78, 5) is 0. The molecule has 0 spiro atoms. The summed E-state index contributed by atoms with van der Waals surface area (Å²) in [6.45, 7) is 0. The summed E-state index contributed by atoms with van der Waals surface area (Å²) < 4.78 is 0. The van der Waals surface area contributed by atoms with E-state index in [2.05, 4.69) is 29.6 Å². The van der Waals surface area contributed by atoms with Crippen LogP contribution in [0.3, 0.4) is 0 Å². The second-order valence-electron chi connectivity index (χ2n) is 5.52. The van der Waals surface area contributed by atoms with Crippen molar-refractivity contribution in [2.75, 3.05) is 0 Å². The first kappa shape index (κ1) is 15.4. The zero-order valence-electron chi connectivity index (χ0n) is 12.9. The van der Waals surface area contributed by atoms with Crippen LogP contribution in [-0.4, -0.2) is 0 Å². The molecule has 2 atom stereocenters. The van der Waals surface area contributed by atoms with Gasteiger partial charge in [0.05, 0.1) is 12.3 Å². The molecule has 5 N–H and O–H groups in total. The molecule has 0 radical (unpaired) electrons. The number of nitrogens with two attached hydrogens (primary N) is 2. The average Bonchev–Trinajstić information content (AvgIpc) is 2.63. The van der Waals surface area contributed by atoms with Crippen LogP contribution in [0.5, 0.6) is 0 Å². The summed E-state index contributed by atoms with van der Waals surface area (Å²) in [5, 5.41) is 3.25. The molecule has 23 heavy (non-hydrogen) atoms. The van der Waals surface area contributed by atoms with Crippen molar-refractivity contribution in [2.24, 2.45) is 11.5 Å². The molecule has 0 saturated heterocycles. The number of rotatable bonds is 5. The number of nitrogens with one attached hydrogen (secondary N) is 1. The molecule has 0 bridgehead atoms. The van der Waals surface area contributed by atoms with Gasteiger partial charge in [0, 0.05) is 0 Å². The lowest BCUT2D eigenvalue weighted by Gasteiger charge is -2.21. The van der Waals surface area contributed by atoms with E-state index in [4.69, 9.17) is 11.5 Å². The van der Waals surface area contributed by atoms with Crippen LogP contribution in [0.15, 0.2) is 84.9 Å². The van der Waals surface area contributed by atoms with E-state index < -0.39 is 0 Å². The van der Waals surface area contributed by atoms with Gasteiger partial charge in [0.2, 0.25) is 0 Å². The number of hydrogen-bond donors (Lipinski definition) is 3.